The molecular formula is C18H10F7N3O2. The number of ether oxygens (including phenoxy) is 2. The number of alkyl halides is 6. The van der Waals surface area contributed by atoms with Crippen molar-refractivity contribution in [2.24, 2.45) is 0 Å². The van der Waals surface area contributed by atoms with Gasteiger partial charge in [0.25, 0.3) is 0 Å². The summed E-state index contributed by atoms with van der Waals surface area (Å²) in [6.07, 6.45) is -8.69. The summed E-state index contributed by atoms with van der Waals surface area (Å²) in [5.74, 6) is -3.01. The number of nitrogen functional groups attached to an aromatic ring is 1. The molecule has 0 saturated carbocycles. The Morgan fingerprint density at radius 1 is 0.767 bits per heavy atom. The van der Waals surface area contributed by atoms with Crippen molar-refractivity contribution in [3.05, 3.63) is 65.7 Å². The fraction of sp³-hybridized carbons (Fsp3) is 0.111. The molecule has 3 rings (SSSR count). The van der Waals surface area contributed by atoms with Gasteiger partial charge in [-0.1, -0.05) is 6.07 Å². The van der Waals surface area contributed by atoms with Crippen molar-refractivity contribution in [2.45, 2.75) is 12.4 Å². The molecule has 2 N–H and O–H groups in total. The number of aromatic nitrogens is 2. The molecule has 1 aromatic heterocycles. The quantitative estimate of drug-likeness (QED) is 0.525. The molecule has 0 spiro atoms. The predicted molar refractivity (Wildman–Crippen MR) is 89.4 cm³/mol. The van der Waals surface area contributed by atoms with Crippen LogP contribution in [0.1, 0.15) is 11.1 Å². The number of halogens is 7. The highest BCUT2D eigenvalue weighted by Gasteiger charge is 2.34. The van der Waals surface area contributed by atoms with Gasteiger partial charge < -0.3 is 15.2 Å². The van der Waals surface area contributed by atoms with Crippen LogP contribution in [0, 0.1) is 5.82 Å². The zero-order chi connectivity index (χ0) is 22.1. The van der Waals surface area contributed by atoms with Gasteiger partial charge in [-0.05, 0) is 36.4 Å². The highest BCUT2D eigenvalue weighted by Crippen LogP contribution is 2.38. The monoisotopic (exact) mass is 433 g/mol. The molecule has 0 radical (unpaired) electrons. The number of nitrogens with two attached hydrogens (primary N) is 1. The number of hydrogen-bond donors (Lipinski definition) is 1. The highest BCUT2D eigenvalue weighted by molar-refractivity contribution is 5.58. The lowest BCUT2D eigenvalue weighted by Gasteiger charge is -2.13. The van der Waals surface area contributed by atoms with Gasteiger partial charge in [-0.3, -0.25) is 0 Å². The first kappa shape index (κ1) is 21.1. The van der Waals surface area contributed by atoms with Crippen LogP contribution in [0.25, 0.3) is 0 Å². The number of rotatable bonds is 4. The standard InChI is InChI=1S/C18H10F7N3O2/c19-13-5-4-11(7-12(13)18(23,24)25)30-16-14(26)15(27-8-28-16)29-10-3-1-2-9(6-10)17(20,21)22/h1-8H,26H2. The maximum absolute atomic E-state index is 13.4. The maximum Gasteiger partial charge on any atom is 0.419 e. The average molecular weight is 433 g/mol. The van der Waals surface area contributed by atoms with Gasteiger partial charge in [0, 0.05) is 0 Å². The van der Waals surface area contributed by atoms with Crippen LogP contribution in [0.2, 0.25) is 0 Å². The Morgan fingerprint density at radius 3 is 1.93 bits per heavy atom. The molecule has 0 aliphatic heterocycles. The first-order valence-electron chi connectivity index (χ1n) is 7.95. The Hall–Kier alpha value is -3.57. The predicted octanol–water partition coefficient (Wildman–Crippen LogP) is 5.82. The van der Waals surface area contributed by atoms with E-state index >= 15 is 0 Å². The van der Waals surface area contributed by atoms with Crippen molar-refractivity contribution in [3.8, 4) is 23.3 Å². The summed E-state index contributed by atoms with van der Waals surface area (Å²) >= 11 is 0. The molecular weight excluding hydrogens is 423 g/mol. The molecule has 0 aliphatic carbocycles. The van der Waals surface area contributed by atoms with E-state index in [1.807, 2.05) is 0 Å². The van der Waals surface area contributed by atoms with E-state index in [1.54, 1.807) is 0 Å². The van der Waals surface area contributed by atoms with Crippen LogP contribution in [0.15, 0.2) is 48.8 Å². The first-order valence-corrected chi connectivity index (χ1v) is 7.95. The van der Waals surface area contributed by atoms with Crippen molar-refractivity contribution in [3.63, 3.8) is 0 Å². The molecule has 1 heterocycles. The van der Waals surface area contributed by atoms with E-state index in [4.69, 9.17) is 15.2 Å². The third kappa shape index (κ3) is 4.70. The van der Waals surface area contributed by atoms with E-state index in [1.165, 1.54) is 6.07 Å². The summed E-state index contributed by atoms with van der Waals surface area (Å²) in [7, 11) is 0. The second kappa shape index (κ2) is 7.69. The minimum atomic E-state index is -4.96. The molecule has 0 amide bonds. The molecule has 0 aliphatic rings. The van der Waals surface area contributed by atoms with Crippen molar-refractivity contribution in [2.75, 3.05) is 5.73 Å². The van der Waals surface area contributed by atoms with Crippen LogP contribution in [0.4, 0.5) is 36.4 Å². The highest BCUT2D eigenvalue weighted by atomic mass is 19.4. The van der Waals surface area contributed by atoms with Crippen molar-refractivity contribution >= 4 is 5.69 Å². The van der Waals surface area contributed by atoms with Gasteiger partial charge in [0.05, 0.1) is 11.1 Å². The fourth-order valence-corrected chi connectivity index (χ4v) is 2.27. The Labute approximate surface area is 163 Å². The smallest absolute Gasteiger partial charge is 0.419 e. The minimum absolute atomic E-state index is 0.248. The summed E-state index contributed by atoms with van der Waals surface area (Å²) in [6, 6.07) is 5.73. The van der Waals surface area contributed by atoms with Gasteiger partial charge in [-0.25, -0.2) is 4.39 Å². The molecule has 12 heteroatoms. The zero-order valence-corrected chi connectivity index (χ0v) is 14.6. The van der Waals surface area contributed by atoms with E-state index in [-0.39, 0.29) is 5.75 Å². The van der Waals surface area contributed by atoms with Crippen LogP contribution in [-0.2, 0) is 12.4 Å². The van der Waals surface area contributed by atoms with E-state index in [0.717, 1.165) is 24.5 Å². The van der Waals surface area contributed by atoms with Crippen LogP contribution >= 0.6 is 0 Å². The summed E-state index contributed by atoms with van der Waals surface area (Å²) in [5.41, 5.74) is 2.83. The third-order valence-corrected chi connectivity index (χ3v) is 3.64. The van der Waals surface area contributed by atoms with E-state index in [9.17, 15) is 30.7 Å². The van der Waals surface area contributed by atoms with Gasteiger partial charge in [-0.2, -0.15) is 36.3 Å². The summed E-state index contributed by atoms with van der Waals surface area (Å²) < 4.78 is 101. The first-order chi connectivity index (χ1) is 13.9. The molecule has 0 saturated heterocycles. The Kier molecular flexibility index (Phi) is 5.42. The molecule has 0 atom stereocenters. The van der Waals surface area contributed by atoms with Gasteiger partial charge in [-0.15, -0.1) is 0 Å². The van der Waals surface area contributed by atoms with E-state index < -0.39 is 52.5 Å². The SMILES string of the molecule is Nc1c(Oc2cccc(C(F)(F)F)c2)ncnc1Oc1ccc(F)c(C(F)(F)F)c1. The molecule has 158 valence electrons. The number of hydrogen-bond acceptors (Lipinski definition) is 5. The largest absolute Gasteiger partial charge is 0.437 e. The van der Waals surface area contributed by atoms with E-state index in [2.05, 4.69) is 9.97 Å². The van der Waals surface area contributed by atoms with Crippen molar-refractivity contribution < 1.29 is 40.2 Å². The Bertz CT molecular complexity index is 1070. The lowest BCUT2D eigenvalue weighted by Crippen LogP contribution is -2.08. The molecule has 5 nitrogen and oxygen atoms in total. The molecule has 0 unspecified atom stereocenters. The summed E-state index contributed by atoms with van der Waals surface area (Å²) in [4.78, 5) is 7.33. The number of anilines is 1. The zero-order valence-electron chi connectivity index (χ0n) is 14.6. The molecule has 2 aromatic carbocycles. The van der Waals surface area contributed by atoms with Crippen LogP contribution in [0.5, 0.6) is 23.3 Å². The van der Waals surface area contributed by atoms with Gasteiger partial charge in [0.15, 0.2) is 5.69 Å². The van der Waals surface area contributed by atoms with Gasteiger partial charge in [0.2, 0.25) is 11.8 Å². The topological polar surface area (TPSA) is 70.3 Å². The van der Waals surface area contributed by atoms with Crippen LogP contribution in [-0.4, -0.2) is 9.97 Å². The lowest BCUT2D eigenvalue weighted by atomic mass is 10.2. The lowest BCUT2D eigenvalue weighted by molar-refractivity contribution is -0.140. The molecule has 3 aromatic rings. The van der Waals surface area contributed by atoms with E-state index in [0.29, 0.717) is 18.2 Å². The normalized spacial score (nSPS) is 12.0. The second-order valence-electron chi connectivity index (χ2n) is 5.77. The van der Waals surface area contributed by atoms with Gasteiger partial charge in [0.1, 0.15) is 23.6 Å². The van der Waals surface area contributed by atoms with Crippen LogP contribution in [0.3, 0.4) is 0 Å². The average Bonchev–Trinajstić information content (AvgIpc) is 2.65. The maximum atomic E-state index is 13.4. The van der Waals surface area contributed by atoms with Gasteiger partial charge >= 0.3 is 12.4 Å². The number of benzene rings is 2. The van der Waals surface area contributed by atoms with Crippen LogP contribution < -0.4 is 15.2 Å². The Balaban J connectivity index is 1.88. The summed E-state index contributed by atoms with van der Waals surface area (Å²) in [6.45, 7) is 0. The molecule has 0 bridgehead atoms. The van der Waals surface area contributed by atoms with Crippen molar-refractivity contribution in [1.29, 1.82) is 0 Å². The Morgan fingerprint density at radius 2 is 1.37 bits per heavy atom. The third-order valence-electron chi connectivity index (χ3n) is 3.64. The van der Waals surface area contributed by atoms with Crippen molar-refractivity contribution in [1.82, 2.24) is 9.97 Å². The molecule has 30 heavy (non-hydrogen) atoms. The molecule has 0 fully saturated rings. The summed E-state index contributed by atoms with van der Waals surface area (Å²) in [5, 5.41) is 0. The second-order valence-corrected chi connectivity index (χ2v) is 5.77. The minimum Gasteiger partial charge on any atom is -0.437 e. The fourth-order valence-electron chi connectivity index (χ4n) is 2.27. The number of nitrogens with zero attached hydrogens (tertiary/aromatic N) is 2.